The lowest BCUT2D eigenvalue weighted by Crippen LogP contribution is -2.49. The number of fused-ring (bicyclic) bond motifs is 2. The van der Waals surface area contributed by atoms with E-state index in [2.05, 4.69) is 187 Å². The second kappa shape index (κ2) is 21.3. The topological polar surface area (TPSA) is 104 Å². The van der Waals surface area contributed by atoms with E-state index in [-0.39, 0.29) is 42.0 Å². The zero-order valence-electron chi connectivity index (χ0n) is 43.3. The highest BCUT2D eigenvalue weighted by molar-refractivity contribution is 5.85. The van der Waals surface area contributed by atoms with Gasteiger partial charge in [0.1, 0.15) is 23.7 Å². The minimum Gasteiger partial charge on any atom is -0.340 e. The average molecular weight is 1010 g/mol. The summed E-state index contributed by atoms with van der Waals surface area (Å²) in [5.41, 5.74) is 11.2. The van der Waals surface area contributed by atoms with Gasteiger partial charge in [-0.3, -0.25) is 19.4 Å². The van der Waals surface area contributed by atoms with E-state index in [1.165, 1.54) is 11.1 Å². The number of rotatable bonds is 13. The SMILES string of the molecule is O=C([C@H](c1ccccc1)N1CCC(c2ccccc2)CC1)N1CCC[C@H]1c1ncc(-c2ccc(-c3ccc(-c4cnc([C@H]5[C@H]6CC[C@@H](C6)N5C(=O)[C@@H](c5ccccc5)N5CCC(c6ccccc6)CC5)[nH]4)cc3)cc2)[nH]1. The maximum Gasteiger partial charge on any atom is 0.245 e. The highest BCUT2D eigenvalue weighted by Crippen LogP contribution is 2.51. The van der Waals surface area contributed by atoms with E-state index in [9.17, 15) is 4.79 Å². The first-order chi connectivity index (χ1) is 37.5. The highest BCUT2D eigenvalue weighted by atomic mass is 16.2. The van der Waals surface area contributed by atoms with Gasteiger partial charge in [0.05, 0.1) is 35.9 Å². The van der Waals surface area contributed by atoms with Crippen LogP contribution < -0.4 is 0 Å². The molecule has 4 aliphatic heterocycles. The van der Waals surface area contributed by atoms with Gasteiger partial charge in [-0.15, -0.1) is 0 Å². The van der Waals surface area contributed by atoms with Crippen LogP contribution in [0.1, 0.15) is 128 Å². The highest BCUT2D eigenvalue weighted by Gasteiger charge is 2.52. The van der Waals surface area contributed by atoms with Crippen molar-refractivity contribution in [3.05, 3.63) is 216 Å². The molecule has 0 radical (unpaired) electrons. The normalized spacial score (nSPS) is 22.3. The molecule has 76 heavy (non-hydrogen) atoms. The van der Waals surface area contributed by atoms with E-state index >= 15 is 4.79 Å². The van der Waals surface area contributed by atoms with Gasteiger partial charge in [-0.1, -0.05) is 170 Å². The predicted octanol–water partition coefficient (Wildman–Crippen LogP) is 13.1. The molecule has 5 fully saturated rings. The quantitative estimate of drug-likeness (QED) is 0.119. The van der Waals surface area contributed by atoms with E-state index in [1.807, 2.05) is 24.5 Å². The molecule has 2 amide bonds. The lowest BCUT2D eigenvalue weighted by Gasteiger charge is -2.42. The van der Waals surface area contributed by atoms with E-state index in [1.54, 1.807) is 0 Å². The maximum atomic E-state index is 15.2. The van der Waals surface area contributed by atoms with Crippen LogP contribution in [-0.2, 0) is 9.59 Å². The first-order valence-electron chi connectivity index (χ1n) is 28.1. The van der Waals surface area contributed by atoms with E-state index in [4.69, 9.17) is 9.97 Å². The zero-order valence-corrected chi connectivity index (χ0v) is 43.3. The van der Waals surface area contributed by atoms with Crippen LogP contribution in [0.2, 0.25) is 0 Å². The number of likely N-dealkylation sites (tertiary alicyclic amines) is 4. The number of benzene rings is 6. The third-order valence-corrected chi connectivity index (χ3v) is 17.9. The van der Waals surface area contributed by atoms with Gasteiger partial charge in [-0.25, -0.2) is 9.97 Å². The molecule has 0 spiro atoms. The van der Waals surface area contributed by atoms with Gasteiger partial charge in [-0.2, -0.15) is 0 Å². The summed E-state index contributed by atoms with van der Waals surface area (Å²) in [5.74, 6) is 3.57. The summed E-state index contributed by atoms with van der Waals surface area (Å²) in [6.45, 7) is 4.28. The van der Waals surface area contributed by atoms with Crippen LogP contribution in [-0.4, -0.2) is 90.1 Å². The number of aromatic amines is 2. The largest absolute Gasteiger partial charge is 0.340 e. The van der Waals surface area contributed by atoms with Gasteiger partial charge in [0.2, 0.25) is 11.8 Å². The summed E-state index contributed by atoms with van der Waals surface area (Å²) in [7, 11) is 0. The number of hydrogen-bond donors (Lipinski definition) is 2. The molecule has 2 N–H and O–H groups in total. The number of piperidine rings is 3. The molecular weight excluding hydrogens is 937 g/mol. The molecule has 10 nitrogen and oxygen atoms in total. The lowest BCUT2D eigenvalue weighted by atomic mass is 9.88. The van der Waals surface area contributed by atoms with Crippen molar-refractivity contribution in [3.8, 4) is 33.6 Å². The first-order valence-corrected chi connectivity index (χ1v) is 28.1. The third-order valence-electron chi connectivity index (χ3n) is 17.9. The van der Waals surface area contributed by atoms with Gasteiger partial charge >= 0.3 is 0 Å². The van der Waals surface area contributed by atoms with Crippen molar-refractivity contribution in [2.24, 2.45) is 5.92 Å². The Balaban J connectivity index is 0.674. The number of hydrogen-bond acceptors (Lipinski definition) is 6. The fourth-order valence-corrected chi connectivity index (χ4v) is 14.0. The number of aromatic nitrogens is 4. The van der Waals surface area contributed by atoms with Crippen molar-refractivity contribution in [2.45, 2.75) is 99.8 Å². The molecule has 8 aromatic rings. The average Bonchev–Trinajstić information content (AvgIpc) is 4.38. The Morgan fingerprint density at radius 2 is 0.908 bits per heavy atom. The predicted molar refractivity (Wildman–Crippen MR) is 300 cm³/mol. The third kappa shape index (κ3) is 9.51. The van der Waals surface area contributed by atoms with Crippen LogP contribution >= 0.6 is 0 Å². The van der Waals surface area contributed by atoms with E-state index in [0.29, 0.717) is 17.8 Å². The minimum atomic E-state index is -0.320. The lowest BCUT2D eigenvalue weighted by molar-refractivity contribution is -0.143. The fraction of sp³-hybridized carbons (Fsp3) is 0.333. The molecule has 4 saturated heterocycles. The molecule has 6 heterocycles. The minimum absolute atomic E-state index is 0.0675. The van der Waals surface area contributed by atoms with E-state index in [0.717, 1.165) is 147 Å². The number of H-pyrrole nitrogens is 2. The standard InChI is InChI=1S/C66H68N8O2/c75-65(61(53-18-9-3-10-19-53)71-38-33-49(34-39-71)45-14-5-1-6-15-45)73-37-13-22-59(73)63-67-43-57(69-63)51-27-23-47(24-28-51)48-25-29-52(30-26-48)58-44-68-64(70-58)60-55-31-32-56(42-55)74(60)66(76)62(54-20-11-4-12-21-54)72-40-35-50(36-41-72)46-16-7-2-8-17-46/h1-12,14-21,23-30,43-44,49-50,55-56,59-62H,13,22,31-42H2,(H,67,69)(H,68,70)/t55-,56-,59-,60+,61-,62+/m0/s1. The van der Waals surface area contributed by atoms with Crippen molar-refractivity contribution in [3.63, 3.8) is 0 Å². The maximum absolute atomic E-state index is 15.2. The number of nitrogens with one attached hydrogen (secondary N) is 2. The number of carbonyl (C=O) groups excluding carboxylic acids is 2. The van der Waals surface area contributed by atoms with Crippen molar-refractivity contribution in [1.82, 2.24) is 39.5 Å². The molecule has 10 heteroatoms. The summed E-state index contributed by atoms with van der Waals surface area (Å²) in [6, 6.07) is 59.3. The molecule has 6 atom stereocenters. The summed E-state index contributed by atoms with van der Waals surface area (Å²) in [6.07, 6.45) is 13.1. The van der Waals surface area contributed by atoms with Crippen molar-refractivity contribution in [1.29, 1.82) is 0 Å². The summed E-state index contributed by atoms with van der Waals surface area (Å²) >= 11 is 0. The van der Waals surface area contributed by atoms with Crippen molar-refractivity contribution < 1.29 is 9.59 Å². The van der Waals surface area contributed by atoms with Gasteiger partial charge in [0, 0.05) is 12.6 Å². The number of amides is 2. The van der Waals surface area contributed by atoms with Gasteiger partial charge in [0.25, 0.3) is 0 Å². The molecule has 0 unspecified atom stereocenters. The molecule has 13 rings (SSSR count). The smallest absolute Gasteiger partial charge is 0.245 e. The van der Waals surface area contributed by atoms with Gasteiger partial charge in [0.15, 0.2) is 0 Å². The molecule has 1 saturated carbocycles. The van der Waals surface area contributed by atoms with Crippen LogP contribution in [0.25, 0.3) is 33.6 Å². The zero-order chi connectivity index (χ0) is 51.0. The van der Waals surface area contributed by atoms with Crippen LogP contribution in [0.4, 0.5) is 0 Å². The monoisotopic (exact) mass is 1000 g/mol. The van der Waals surface area contributed by atoms with Crippen LogP contribution in [0.5, 0.6) is 0 Å². The Labute approximate surface area is 447 Å². The number of carbonyl (C=O) groups is 2. The Morgan fingerprint density at radius 3 is 1.42 bits per heavy atom. The molecule has 6 aromatic carbocycles. The molecular formula is C66H68N8O2. The Hall–Kier alpha value is -7.40. The number of imidazole rings is 2. The Bertz CT molecular complexity index is 3220. The fourth-order valence-electron chi connectivity index (χ4n) is 14.0. The van der Waals surface area contributed by atoms with Crippen molar-refractivity contribution >= 4 is 11.8 Å². The van der Waals surface area contributed by atoms with Gasteiger partial charge < -0.3 is 19.8 Å². The molecule has 2 aromatic heterocycles. The first kappa shape index (κ1) is 48.3. The molecule has 384 valence electrons. The summed E-state index contributed by atoms with van der Waals surface area (Å²) in [5, 5.41) is 0. The molecule has 5 aliphatic rings. The Morgan fingerprint density at radius 1 is 0.461 bits per heavy atom. The second-order valence-corrected chi connectivity index (χ2v) is 22.2. The second-order valence-electron chi connectivity index (χ2n) is 22.2. The Kier molecular flexibility index (Phi) is 13.5. The summed E-state index contributed by atoms with van der Waals surface area (Å²) < 4.78 is 0. The van der Waals surface area contributed by atoms with E-state index < -0.39 is 0 Å². The molecule has 2 bridgehead atoms. The van der Waals surface area contributed by atoms with Crippen LogP contribution in [0, 0.1) is 5.92 Å². The van der Waals surface area contributed by atoms with Crippen LogP contribution in [0.15, 0.2) is 182 Å². The van der Waals surface area contributed by atoms with Gasteiger partial charge in [-0.05, 0) is 146 Å². The van der Waals surface area contributed by atoms with Crippen molar-refractivity contribution in [2.75, 3.05) is 32.7 Å². The molecule has 1 aliphatic carbocycles. The van der Waals surface area contributed by atoms with Crippen LogP contribution in [0.3, 0.4) is 0 Å². The summed E-state index contributed by atoms with van der Waals surface area (Å²) in [4.78, 5) is 56.5. The number of nitrogens with zero attached hydrogens (tertiary/aromatic N) is 6.